The van der Waals surface area contributed by atoms with Gasteiger partial charge in [-0.1, -0.05) is 0 Å². The smallest absolute Gasteiger partial charge is 0.471 e. The lowest BCUT2D eigenvalue weighted by Crippen LogP contribution is -2.47. The molecule has 1 heterocycles. The lowest BCUT2D eigenvalue weighted by atomic mass is 9.95. The predicted octanol–water partition coefficient (Wildman–Crippen LogP) is 1.12. The van der Waals surface area contributed by atoms with Gasteiger partial charge in [0, 0.05) is 6.54 Å². The highest BCUT2D eigenvalue weighted by Crippen LogP contribution is 2.59. The Morgan fingerprint density at radius 1 is 1.28 bits per heavy atom. The van der Waals surface area contributed by atoms with Crippen LogP contribution in [-0.2, 0) is 9.59 Å². The summed E-state index contributed by atoms with van der Waals surface area (Å²) >= 11 is 0. The fraction of sp³-hybridized carbons (Fsp3) is 0.778. The Morgan fingerprint density at radius 3 is 2.28 bits per heavy atom. The number of piperidine rings is 1. The van der Waals surface area contributed by atoms with Gasteiger partial charge in [0.15, 0.2) is 0 Å². The number of aliphatic carboxylic acids is 1. The van der Waals surface area contributed by atoms with E-state index in [0.29, 0.717) is 0 Å². The Hall–Kier alpha value is -1.41. The predicted molar refractivity (Wildman–Crippen MR) is 45.7 cm³/mol. The third kappa shape index (κ3) is 1.72. The highest BCUT2D eigenvalue weighted by molar-refractivity contribution is 5.83. The van der Waals surface area contributed by atoms with Crippen LogP contribution in [0.25, 0.3) is 0 Å². The second-order valence-electron chi connectivity index (χ2n) is 4.37. The van der Waals surface area contributed by atoms with Crippen LogP contribution in [0.2, 0.25) is 0 Å². The summed E-state index contributed by atoms with van der Waals surface area (Å²) < 4.78 is 63.1. The van der Waals surface area contributed by atoms with E-state index in [-0.39, 0.29) is 4.90 Å². The molecule has 0 radical (unpaired) electrons. The summed E-state index contributed by atoms with van der Waals surface area (Å²) in [6, 6.07) is -1.94. The molecule has 4 nitrogen and oxygen atoms in total. The molecule has 1 saturated heterocycles. The van der Waals surface area contributed by atoms with Crippen LogP contribution in [0.5, 0.6) is 0 Å². The van der Waals surface area contributed by atoms with Crippen molar-refractivity contribution in [1.82, 2.24) is 4.90 Å². The van der Waals surface area contributed by atoms with Gasteiger partial charge in [0.1, 0.15) is 6.04 Å². The summed E-state index contributed by atoms with van der Waals surface area (Å²) in [5.74, 6) is -10.5. The molecule has 1 saturated carbocycles. The van der Waals surface area contributed by atoms with Crippen molar-refractivity contribution in [2.24, 2.45) is 11.8 Å². The van der Waals surface area contributed by atoms with Gasteiger partial charge >= 0.3 is 18.1 Å². The number of halogens is 5. The zero-order chi connectivity index (χ0) is 13.9. The van der Waals surface area contributed by atoms with E-state index in [1.165, 1.54) is 0 Å². The van der Waals surface area contributed by atoms with E-state index < -0.39 is 54.8 Å². The van der Waals surface area contributed by atoms with Gasteiger partial charge in [0.25, 0.3) is 5.92 Å². The molecule has 2 aliphatic rings. The zero-order valence-electron chi connectivity index (χ0n) is 8.75. The second-order valence-corrected chi connectivity index (χ2v) is 4.37. The van der Waals surface area contributed by atoms with E-state index in [0.717, 1.165) is 0 Å². The summed E-state index contributed by atoms with van der Waals surface area (Å²) in [5.41, 5.74) is 0. The molecule has 3 unspecified atom stereocenters. The number of carbonyl (C=O) groups is 2. The monoisotopic (exact) mass is 273 g/mol. The van der Waals surface area contributed by atoms with Gasteiger partial charge in [-0.2, -0.15) is 13.2 Å². The maximum Gasteiger partial charge on any atom is 0.471 e. The number of alkyl halides is 5. The lowest BCUT2D eigenvalue weighted by Gasteiger charge is -2.28. The van der Waals surface area contributed by atoms with Crippen molar-refractivity contribution in [2.75, 3.05) is 6.54 Å². The van der Waals surface area contributed by atoms with E-state index in [2.05, 4.69) is 0 Å². The normalized spacial score (nSPS) is 33.8. The molecule has 2 fully saturated rings. The number of hydrogen-bond acceptors (Lipinski definition) is 2. The van der Waals surface area contributed by atoms with E-state index in [1.807, 2.05) is 0 Å². The number of likely N-dealkylation sites (tertiary alicyclic amines) is 1. The van der Waals surface area contributed by atoms with Gasteiger partial charge in [-0.05, 0) is 6.42 Å². The van der Waals surface area contributed by atoms with E-state index in [4.69, 9.17) is 5.11 Å². The molecule has 2 rings (SSSR count). The largest absolute Gasteiger partial charge is 0.481 e. The minimum Gasteiger partial charge on any atom is -0.481 e. The number of rotatable bonds is 1. The molecule has 1 N–H and O–H groups in total. The molecule has 1 amide bonds. The highest BCUT2D eigenvalue weighted by Gasteiger charge is 2.77. The molecular formula is C9H8F5NO3. The Kier molecular flexibility index (Phi) is 2.57. The molecule has 0 bridgehead atoms. The molecule has 1 aliphatic heterocycles. The highest BCUT2D eigenvalue weighted by atomic mass is 19.4. The van der Waals surface area contributed by atoms with Crippen LogP contribution in [0.15, 0.2) is 0 Å². The van der Waals surface area contributed by atoms with Crippen LogP contribution >= 0.6 is 0 Å². The van der Waals surface area contributed by atoms with Crippen molar-refractivity contribution in [3.63, 3.8) is 0 Å². The molecule has 1 aliphatic carbocycles. The van der Waals surface area contributed by atoms with Crippen LogP contribution in [0.3, 0.4) is 0 Å². The quantitative estimate of drug-likeness (QED) is 0.728. The number of fused-ring (bicyclic) bond motifs is 1. The van der Waals surface area contributed by atoms with E-state index >= 15 is 0 Å². The Bertz CT molecular complexity index is 407. The van der Waals surface area contributed by atoms with Crippen molar-refractivity contribution >= 4 is 11.9 Å². The maximum absolute atomic E-state index is 13.3. The van der Waals surface area contributed by atoms with Crippen LogP contribution in [0.1, 0.15) is 6.42 Å². The minimum atomic E-state index is -5.22. The third-order valence-electron chi connectivity index (χ3n) is 3.34. The standard InChI is InChI=1S/C9H8F5NO3/c10-8(11)4-3(6(16)17)1-2-15(5(4)8)7(18)9(12,13)14/h3-5H,1-2H2,(H,16,17). The van der Waals surface area contributed by atoms with E-state index in [1.54, 1.807) is 0 Å². The first-order chi connectivity index (χ1) is 8.08. The fourth-order valence-corrected chi connectivity index (χ4v) is 2.49. The Labute approximate surface area is 97.4 Å². The first-order valence-electron chi connectivity index (χ1n) is 5.07. The number of amides is 1. The topological polar surface area (TPSA) is 57.6 Å². The Morgan fingerprint density at radius 2 is 1.83 bits per heavy atom. The molecule has 0 spiro atoms. The van der Waals surface area contributed by atoms with Crippen molar-refractivity contribution in [1.29, 1.82) is 0 Å². The van der Waals surface area contributed by atoms with Gasteiger partial charge < -0.3 is 10.0 Å². The summed E-state index contributed by atoms with van der Waals surface area (Å²) in [6.07, 6.45) is -5.62. The van der Waals surface area contributed by atoms with Gasteiger partial charge in [0.05, 0.1) is 11.8 Å². The lowest BCUT2D eigenvalue weighted by molar-refractivity contribution is -0.188. The molecule has 0 aromatic heterocycles. The summed E-state index contributed by atoms with van der Waals surface area (Å²) in [4.78, 5) is 21.7. The summed E-state index contributed by atoms with van der Waals surface area (Å²) in [7, 11) is 0. The first kappa shape index (κ1) is 13.0. The molecule has 3 atom stereocenters. The molecule has 9 heteroatoms. The van der Waals surface area contributed by atoms with Crippen molar-refractivity contribution < 1.29 is 36.6 Å². The second kappa shape index (κ2) is 3.55. The molecule has 0 aromatic carbocycles. The summed E-state index contributed by atoms with van der Waals surface area (Å²) in [6.45, 7) is -0.619. The molecule has 0 aromatic rings. The van der Waals surface area contributed by atoms with Crippen molar-refractivity contribution in [2.45, 2.75) is 24.6 Å². The molecule has 18 heavy (non-hydrogen) atoms. The first-order valence-corrected chi connectivity index (χ1v) is 5.07. The van der Waals surface area contributed by atoms with Crippen molar-refractivity contribution in [3.05, 3.63) is 0 Å². The number of carboxylic acid groups (broad SMARTS) is 1. The average Bonchev–Trinajstić information content (AvgIpc) is 2.79. The van der Waals surface area contributed by atoms with Gasteiger partial charge in [-0.25, -0.2) is 8.78 Å². The van der Waals surface area contributed by atoms with Crippen LogP contribution in [0.4, 0.5) is 22.0 Å². The SMILES string of the molecule is O=C(O)C1CCN(C(=O)C(F)(F)F)C2C1C2(F)F. The number of nitrogens with zero attached hydrogens (tertiary/aromatic N) is 1. The number of carbonyl (C=O) groups excluding carboxylic acids is 1. The maximum atomic E-state index is 13.3. The minimum absolute atomic E-state index is 0.0457. The van der Waals surface area contributed by atoms with Gasteiger partial charge in [-0.15, -0.1) is 0 Å². The van der Waals surface area contributed by atoms with Gasteiger partial charge in [0.2, 0.25) is 0 Å². The molecule has 102 valence electrons. The molecular weight excluding hydrogens is 265 g/mol. The van der Waals surface area contributed by atoms with Crippen LogP contribution in [0, 0.1) is 11.8 Å². The Balaban J connectivity index is 2.21. The third-order valence-corrected chi connectivity index (χ3v) is 3.34. The number of hydrogen-bond donors (Lipinski definition) is 1. The summed E-state index contributed by atoms with van der Waals surface area (Å²) in [5, 5.41) is 8.69. The number of carboxylic acids is 1. The van der Waals surface area contributed by atoms with Crippen molar-refractivity contribution in [3.8, 4) is 0 Å². The zero-order valence-corrected chi connectivity index (χ0v) is 8.75. The van der Waals surface area contributed by atoms with Crippen LogP contribution in [-0.4, -0.2) is 46.6 Å². The average molecular weight is 273 g/mol. The van der Waals surface area contributed by atoms with Crippen LogP contribution < -0.4 is 0 Å². The van der Waals surface area contributed by atoms with Gasteiger partial charge in [-0.3, -0.25) is 9.59 Å². The van der Waals surface area contributed by atoms with E-state index in [9.17, 15) is 31.5 Å². The fourth-order valence-electron chi connectivity index (χ4n) is 2.49.